The molecule has 0 aliphatic carbocycles. The lowest BCUT2D eigenvalue weighted by atomic mass is 9.90. The monoisotopic (exact) mass is 245 g/mol. The topological polar surface area (TPSA) is 21.3 Å². The van der Waals surface area contributed by atoms with Crippen LogP contribution in [-0.2, 0) is 0 Å². The summed E-state index contributed by atoms with van der Waals surface area (Å²) in [6.07, 6.45) is 2.03. The van der Waals surface area contributed by atoms with Crippen LogP contribution in [0.15, 0.2) is 18.2 Å². The van der Waals surface area contributed by atoms with Crippen LogP contribution >= 0.6 is 12.4 Å². The maximum atomic E-state index is 13.7. The first-order valence-electron chi connectivity index (χ1n) is 5.35. The van der Waals surface area contributed by atoms with E-state index in [0.717, 1.165) is 31.5 Å². The molecule has 1 saturated heterocycles. The van der Waals surface area contributed by atoms with Crippen LogP contribution in [-0.4, -0.2) is 20.2 Å². The highest BCUT2D eigenvalue weighted by atomic mass is 35.5. The van der Waals surface area contributed by atoms with Crippen molar-refractivity contribution in [2.75, 3.05) is 20.2 Å². The molecule has 2 nitrogen and oxygen atoms in total. The number of halogens is 2. The van der Waals surface area contributed by atoms with Crippen molar-refractivity contribution in [3.05, 3.63) is 29.6 Å². The van der Waals surface area contributed by atoms with Crippen LogP contribution < -0.4 is 10.1 Å². The summed E-state index contributed by atoms with van der Waals surface area (Å²) in [5.74, 6) is 0.809. The number of piperidine rings is 1. The third-order valence-electron chi connectivity index (χ3n) is 2.99. The molecule has 2 rings (SSSR count). The summed E-state index contributed by atoms with van der Waals surface area (Å²) < 4.78 is 18.7. The van der Waals surface area contributed by atoms with Gasteiger partial charge < -0.3 is 10.1 Å². The van der Waals surface area contributed by atoms with Crippen molar-refractivity contribution in [3.63, 3.8) is 0 Å². The fourth-order valence-corrected chi connectivity index (χ4v) is 2.10. The molecule has 0 radical (unpaired) electrons. The minimum Gasteiger partial charge on any atom is -0.497 e. The maximum absolute atomic E-state index is 13.7. The predicted molar refractivity (Wildman–Crippen MR) is 65.0 cm³/mol. The highest BCUT2D eigenvalue weighted by Crippen LogP contribution is 2.29. The highest BCUT2D eigenvalue weighted by Gasteiger charge is 2.18. The molecule has 1 aromatic rings. The van der Waals surface area contributed by atoms with Gasteiger partial charge in [-0.2, -0.15) is 0 Å². The molecule has 0 bridgehead atoms. The Morgan fingerprint density at radius 1 is 1.31 bits per heavy atom. The second-order valence-electron chi connectivity index (χ2n) is 3.91. The Hall–Kier alpha value is -0.800. The normalized spacial score (nSPS) is 16.6. The van der Waals surface area contributed by atoms with Gasteiger partial charge in [0.15, 0.2) is 0 Å². The van der Waals surface area contributed by atoms with Gasteiger partial charge in [-0.3, -0.25) is 0 Å². The van der Waals surface area contributed by atoms with Gasteiger partial charge in [0.25, 0.3) is 0 Å². The molecular formula is C12H17ClFNO. The van der Waals surface area contributed by atoms with E-state index in [2.05, 4.69) is 5.32 Å². The third kappa shape index (κ3) is 2.86. The molecule has 1 N–H and O–H groups in total. The Kier molecular flexibility index (Phi) is 5.03. The Labute approximate surface area is 102 Å². The first-order valence-corrected chi connectivity index (χ1v) is 5.35. The first-order chi connectivity index (χ1) is 7.31. The van der Waals surface area contributed by atoms with Gasteiger partial charge in [0.1, 0.15) is 11.6 Å². The third-order valence-corrected chi connectivity index (χ3v) is 2.99. The Morgan fingerprint density at radius 3 is 2.56 bits per heavy atom. The van der Waals surface area contributed by atoms with Crippen molar-refractivity contribution in [2.45, 2.75) is 18.8 Å². The van der Waals surface area contributed by atoms with Crippen molar-refractivity contribution in [1.29, 1.82) is 0 Å². The SMILES string of the molecule is COc1ccc(C2CCNCC2)c(F)c1.Cl. The lowest BCUT2D eigenvalue weighted by Crippen LogP contribution is -2.27. The molecule has 0 saturated carbocycles. The summed E-state index contributed by atoms with van der Waals surface area (Å²) >= 11 is 0. The first kappa shape index (κ1) is 13.3. The molecule has 0 amide bonds. The zero-order valence-electron chi connectivity index (χ0n) is 9.33. The van der Waals surface area contributed by atoms with Gasteiger partial charge in [0.05, 0.1) is 7.11 Å². The van der Waals surface area contributed by atoms with E-state index in [1.54, 1.807) is 7.11 Å². The van der Waals surface area contributed by atoms with Crippen LogP contribution in [0.3, 0.4) is 0 Å². The molecule has 90 valence electrons. The van der Waals surface area contributed by atoms with Crippen molar-refractivity contribution in [1.82, 2.24) is 5.32 Å². The summed E-state index contributed by atoms with van der Waals surface area (Å²) in [5, 5.41) is 3.28. The second kappa shape index (κ2) is 6.06. The molecule has 0 atom stereocenters. The average Bonchev–Trinajstić information content (AvgIpc) is 2.30. The molecule has 1 heterocycles. The molecule has 1 aliphatic heterocycles. The molecule has 0 aromatic heterocycles. The van der Waals surface area contributed by atoms with Crippen LogP contribution in [0, 0.1) is 5.82 Å². The molecular weight excluding hydrogens is 229 g/mol. The number of methoxy groups -OCH3 is 1. The van der Waals surface area contributed by atoms with Crippen LogP contribution in [0.1, 0.15) is 24.3 Å². The molecule has 1 aliphatic rings. The minimum absolute atomic E-state index is 0. The molecule has 4 heteroatoms. The van der Waals surface area contributed by atoms with Crippen LogP contribution in [0.4, 0.5) is 4.39 Å². The van der Waals surface area contributed by atoms with Crippen LogP contribution in [0.2, 0.25) is 0 Å². The van der Waals surface area contributed by atoms with Gasteiger partial charge in [-0.15, -0.1) is 12.4 Å². The van der Waals surface area contributed by atoms with Gasteiger partial charge in [-0.1, -0.05) is 6.07 Å². The van der Waals surface area contributed by atoms with E-state index in [1.807, 2.05) is 12.1 Å². The van der Waals surface area contributed by atoms with E-state index in [4.69, 9.17) is 4.74 Å². The molecule has 0 spiro atoms. The van der Waals surface area contributed by atoms with Gasteiger partial charge in [0, 0.05) is 6.07 Å². The zero-order valence-corrected chi connectivity index (χ0v) is 10.1. The van der Waals surface area contributed by atoms with E-state index in [0.29, 0.717) is 11.7 Å². The van der Waals surface area contributed by atoms with E-state index >= 15 is 0 Å². The maximum Gasteiger partial charge on any atom is 0.130 e. The lowest BCUT2D eigenvalue weighted by molar-refractivity contribution is 0.407. The minimum atomic E-state index is -0.138. The number of rotatable bonds is 2. The fourth-order valence-electron chi connectivity index (χ4n) is 2.10. The smallest absolute Gasteiger partial charge is 0.130 e. The van der Waals surface area contributed by atoms with Gasteiger partial charge in [-0.25, -0.2) is 4.39 Å². The predicted octanol–water partition coefficient (Wildman–Crippen LogP) is 2.72. The van der Waals surface area contributed by atoms with E-state index in [9.17, 15) is 4.39 Å². The average molecular weight is 246 g/mol. The number of hydrogen-bond acceptors (Lipinski definition) is 2. The van der Waals surface area contributed by atoms with E-state index < -0.39 is 0 Å². The standard InChI is InChI=1S/C12H16FNO.ClH/c1-15-10-2-3-11(12(13)8-10)9-4-6-14-7-5-9;/h2-3,8-9,14H,4-7H2,1H3;1H. The van der Waals surface area contributed by atoms with Crippen LogP contribution in [0.25, 0.3) is 0 Å². The number of hydrogen-bond donors (Lipinski definition) is 1. The summed E-state index contributed by atoms with van der Waals surface area (Å²) in [5.41, 5.74) is 0.831. The Morgan fingerprint density at radius 2 is 2.00 bits per heavy atom. The molecule has 16 heavy (non-hydrogen) atoms. The van der Waals surface area contributed by atoms with Gasteiger partial charge in [-0.05, 0) is 43.5 Å². The molecule has 0 unspecified atom stereocenters. The van der Waals surface area contributed by atoms with Crippen molar-refractivity contribution in [3.8, 4) is 5.75 Å². The fraction of sp³-hybridized carbons (Fsp3) is 0.500. The molecule has 1 fully saturated rings. The van der Waals surface area contributed by atoms with Crippen molar-refractivity contribution in [2.24, 2.45) is 0 Å². The van der Waals surface area contributed by atoms with Gasteiger partial charge in [0.2, 0.25) is 0 Å². The largest absolute Gasteiger partial charge is 0.497 e. The number of nitrogens with one attached hydrogen (secondary N) is 1. The molecule has 1 aromatic carbocycles. The zero-order chi connectivity index (χ0) is 10.7. The van der Waals surface area contributed by atoms with Crippen molar-refractivity contribution >= 4 is 12.4 Å². The second-order valence-corrected chi connectivity index (χ2v) is 3.91. The van der Waals surface area contributed by atoms with E-state index in [-0.39, 0.29) is 18.2 Å². The van der Waals surface area contributed by atoms with E-state index in [1.165, 1.54) is 6.07 Å². The van der Waals surface area contributed by atoms with Crippen LogP contribution in [0.5, 0.6) is 5.75 Å². The summed E-state index contributed by atoms with van der Waals surface area (Å²) in [6.45, 7) is 1.96. The summed E-state index contributed by atoms with van der Waals surface area (Å²) in [4.78, 5) is 0. The van der Waals surface area contributed by atoms with Gasteiger partial charge >= 0.3 is 0 Å². The Bertz CT molecular complexity index is 340. The number of benzene rings is 1. The number of ether oxygens (including phenoxy) is 1. The lowest BCUT2D eigenvalue weighted by Gasteiger charge is -2.23. The quantitative estimate of drug-likeness (QED) is 0.865. The highest BCUT2D eigenvalue weighted by molar-refractivity contribution is 5.85. The Balaban J connectivity index is 0.00000128. The summed E-state index contributed by atoms with van der Waals surface area (Å²) in [7, 11) is 1.55. The van der Waals surface area contributed by atoms with Crippen molar-refractivity contribution < 1.29 is 9.13 Å². The summed E-state index contributed by atoms with van der Waals surface area (Å²) in [6, 6.07) is 5.15.